The van der Waals surface area contributed by atoms with Crippen molar-refractivity contribution in [1.82, 2.24) is 9.97 Å². The summed E-state index contributed by atoms with van der Waals surface area (Å²) >= 11 is 4.99. The average molecular weight is 310 g/mol. The zero-order chi connectivity index (χ0) is 12.4. The van der Waals surface area contributed by atoms with E-state index in [4.69, 9.17) is 5.73 Å². The van der Waals surface area contributed by atoms with E-state index in [0.717, 1.165) is 9.50 Å². The predicted molar refractivity (Wildman–Crippen MR) is 74.2 cm³/mol. The Morgan fingerprint density at radius 3 is 2.71 bits per heavy atom. The van der Waals surface area contributed by atoms with Crippen LogP contribution in [-0.2, 0) is 0 Å². The molecule has 0 radical (unpaired) electrons. The summed E-state index contributed by atoms with van der Waals surface area (Å²) in [6, 6.07) is 6.34. The molecule has 1 aromatic heterocycles. The van der Waals surface area contributed by atoms with Crippen molar-refractivity contribution < 1.29 is 0 Å². The number of halogens is 1. The van der Waals surface area contributed by atoms with Gasteiger partial charge in [-0.05, 0) is 41.4 Å². The maximum Gasteiger partial charge on any atom is 0.142 e. The van der Waals surface area contributed by atoms with Gasteiger partial charge in [-0.3, -0.25) is 0 Å². The van der Waals surface area contributed by atoms with E-state index in [9.17, 15) is 0 Å². The third-order valence-corrected chi connectivity index (χ3v) is 4.55. The molecule has 0 spiro atoms. The lowest BCUT2D eigenvalue weighted by Crippen LogP contribution is -1.95. The summed E-state index contributed by atoms with van der Waals surface area (Å²) in [5.41, 5.74) is 8.22. The Morgan fingerprint density at radius 2 is 2.00 bits per heavy atom. The van der Waals surface area contributed by atoms with Gasteiger partial charge in [0.2, 0.25) is 0 Å². The van der Waals surface area contributed by atoms with E-state index in [2.05, 4.69) is 57.9 Å². The molecule has 0 aliphatic heterocycles. The minimum absolute atomic E-state index is 0.465. The third kappa shape index (κ3) is 2.79. The molecule has 0 saturated carbocycles. The molecule has 17 heavy (non-hydrogen) atoms. The topological polar surface area (TPSA) is 51.8 Å². The summed E-state index contributed by atoms with van der Waals surface area (Å²) in [4.78, 5) is 9.32. The van der Waals surface area contributed by atoms with Crippen molar-refractivity contribution in [3.8, 4) is 0 Å². The highest BCUT2D eigenvalue weighted by Gasteiger charge is 2.09. The Balaban J connectivity index is 2.35. The quantitative estimate of drug-likeness (QED) is 0.861. The smallest absolute Gasteiger partial charge is 0.142 e. The highest BCUT2D eigenvalue weighted by molar-refractivity contribution is 9.10. The van der Waals surface area contributed by atoms with Crippen molar-refractivity contribution in [2.24, 2.45) is 0 Å². The van der Waals surface area contributed by atoms with Crippen LogP contribution < -0.4 is 5.73 Å². The van der Waals surface area contributed by atoms with Crippen LogP contribution in [0.1, 0.15) is 11.1 Å². The number of aryl methyl sites for hydroxylation is 2. The van der Waals surface area contributed by atoms with Gasteiger partial charge in [0.25, 0.3) is 0 Å². The van der Waals surface area contributed by atoms with Crippen molar-refractivity contribution in [3.05, 3.63) is 40.1 Å². The zero-order valence-corrected chi connectivity index (χ0v) is 12.0. The van der Waals surface area contributed by atoms with E-state index < -0.39 is 0 Å². The number of hydrogen-bond acceptors (Lipinski definition) is 4. The number of aromatic nitrogens is 2. The van der Waals surface area contributed by atoms with Gasteiger partial charge in [0.15, 0.2) is 0 Å². The Labute approximate surface area is 113 Å². The number of nitrogens with zero attached hydrogens (tertiary/aromatic N) is 2. The first-order valence-corrected chi connectivity index (χ1v) is 6.70. The van der Waals surface area contributed by atoms with Gasteiger partial charge in [0.05, 0.1) is 4.47 Å². The lowest BCUT2D eigenvalue weighted by Gasteiger charge is -2.07. The SMILES string of the molecule is Cc1ccc(Sc2ncnc(N)c2Br)c(C)c1. The van der Waals surface area contributed by atoms with Gasteiger partial charge >= 0.3 is 0 Å². The van der Waals surface area contributed by atoms with Crippen LogP contribution in [0.4, 0.5) is 5.82 Å². The number of hydrogen-bond donors (Lipinski definition) is 1. The van der Waals surface area contributed by atoms with E-state index >= 15 is 0 Å². The maximum absolute atomic E-state index is 5.73. The van der Waals surface area contributed by atoms with Crippen LogP contribution in [0, 0.1) is 13.8 Å². The lowest BCUT2D eigenvalue weighted by atomic mass is 10.2. The molecule has 0 aliphatic carbocycles. The van der Waals surface area contributed by atoms with Gasteiger partial charge in [0.1, 0.15) is 17.2 Å². The van der Waals surface area contributed by atoms with Crippen LogP contribution >= 0.6 is 27.7 Å². The fourth-order valence-electron chi connectivity index (χ4n) is 1.46. The third-order valence-electron chi connectivity index (χ3n) is 2.32. The fraction of sp³-hybridized carbons (Fsp3) is 0.167. The van der Waals surface area contributed by atoms with Crippen molar-refractivity contribution in [2.45, 2.75) is 23.8 Å². The molecule has 0 amide bonds. The normalized spacial score (nSPS) is 10.5. The van der Waals surface area contributed by atoms with Gasteiger partial charge in [0, 0.05) is 4.90 Å². The van der Waals surface area contributed by atoms with Crippen molar-refractivity contribution in [3.63, 3.8) is 0 Å². The first-order chi connectivity index (χ1) is 8.08. The highest BCUT2D eigenvalue weighted by atomic mass is 79.9. The van der Waals surface area contributed by atoms with E-state index in [-0.39, 0.29) is 0 Å². The first-order valence-electron chi connectivity index (χ1n) is 5.09. The predicted octanol–water partition coefficient (Wildman–Crippen LogP) is 3.59. The Hall–Kier alpha value is -1.07. The van der Waals surface area contributed by atoms with E-state index in [1.54, 1.807) is 11.8 Å². The molecule has 2 N–H and O–H groups in total. The zero-order valence-electron chi connectivity index (χ0n) is 9.57. The first kappa shape index (κ1) is 12.4. The molecular formula is C12H12BrN3S. The molecule has 0 aliphatic rings. The molecule has 1 aromatic carbocycles. The largest absolute Gasteiger partial charge is 0.383 e. The lowest BCUT2D eigenvalue weighted by molar-refractivity contribution is 1.03. The minimum Gasteiger partial charge on any atom is -0.383 e. The number of nitrogen functional groups attached to an aromatic ring is 1. The van der Waals surface area contributed by atoms with Gasteiger partial charge in [-0.2, -0.15) is 0 Å². The molecule has 0 fully saturated rings. The second kappa shape index (κ2) is 5.06. The molecule has 2 rings (SSSR count). The molecule has 0 saturated heterocycles. The van der Waals surface area contributed by atoms with Gasteiger partial charge in [-0.15, -0.1) is 0 Å². The molecule has 5 heteroatoms. The van der Waals surface area contributed by atoms with Crippen molar-refractivity contribution in [2.75, 3.05) is 5.73 Å². The number of benzene rings is 1. The van der Waals surface area contributed by atoms with E-state index in [1.807, 2.05) is 0 Å². The van der Waals surface area contributed by atoms with Crippen molar-refractivity contribution >= 4 is 33.5 Å². The molecule has 0 unspecified atom stereocenters. The van der Waals surface area contributed by atoms with Crippen molar-refractivity contribution in [1.29, 1.82) is 0 Å². The standard InChI is InChI=1S/C12H12BrN3S/c1-7-3-4-9(8(2)5-7)17-12-10(13)11(14)15-6-16-12/h3-6H,1-2H3,(H2,14,15,16). The monoisotopic (exact) mass is 309 g/mol. The Kier molecular flexibility index (Phi) is 3.69. The van der Waals surface area contributed by atoms with Crippen LogP contribution in [0.25, 0.3) is 0 Å². The Bertz CT molecular complexity index is 557. The summed E-state index contributed by atoms with van der Waals surface area (Å²) in [6.45, 7) is 4.17. The number of rotatable bonds is 2. The van der Waals surface area contributed by atoms with Crippen LogP contribution in [0.2, 0.25) is 0 Å². The number of nitrogens with two attached hydrogens (primary N) is 1. The summed E-state index contributed by atoms with van der Waals surface area (Å²) in [5, 5.41) is 0.837. The molecule has 88 valence electrons. The summed E-state index contributed by atoms with van der Waals surface area (Å²) < 4.78 is 0.755. The van der Waals surface area contributed by atoms with Crippen LogP contribution in [-0.4, -0.2) is 9.97 Å². The molecule has 1 heterocycles. The van der Waals surface area contributed by atoms with Crippen LogP contribution in [0.5, 0.6) is 0 Å². The van der Waals surface area contributed by atoms with Gasteiger partial charge in [-0.25, -0.2) is 9.97 Å². The maximum atomic E-state index is 5.73. The highest BCUT2D eigenvalue weighted by Crippen LogP contribution is 2.35. The number of anilines is 1. The summed E-state index contributed by atoms with van der Waals surface area (Å²) in [7, 11) is 0. The Morgan fingerprint density at radius 1 is 1.24 bits per heavy atom. The van der Waals surface area contributed by atoms with Gasteiger partial charge in [-0.1, -0.05) is 29.5 Å². The summed E-state index contributed by atoms with van der Waals surface area (Å²) in [6.07, 6.45) is 1.48. The van der Waals surface area contributed by atoms with Gasteiger partial charge < -0.3 is 5.73 Å². The minimum atomic E-state index is 0.465. The van der Waals surface area contributed by atoms with E-state index in [1.165, 1.54) is 22.3 Å². The second-order valence-corrected chi connectivity index (χ2v) is 5.57. The molecule has 2 aromatic rings. The summed E-state index contributed by atoms with van der Waals surface area (Å²) in [5.74, 6) is 0.465. The molecule has 3 nitrogen and oxygen atoms in total. The second-order valence-electron chi connectivity index (χ2n) is 3.75. The average Bonchev–Trinajstić information content (AvgIpc) is 2.28. The molecule has 0 bridgehead atoms. The fourth-order valence-corrected chi connectivity index (χ4v) is 2.76. The van der Waals surface area contributed by atoms with Crippen LogP contribution in [0.15, 0.2) is 38.9 Å². The molecule has 0 atom stereocenters. The van der Waals surface area contributed by atoms with Crippen LogP contribution in [0.3, 0.4) is 0 Å². The molecular weight excluding hydrogens is 298 g/mol. The van der Waals surface area contributed by atoms with E-state index in [0.29, 0.717) is 5.82 Å².